The molecular formula is C15H21NO2. The van der Waals surface area contributed by atoms with Crippen molar-refractivity contribution in [2.45, 2.75) is 25.1 Å². The first-order chi connectivity index (χ1) is 13.9. The van der Waals surface area contributed by atoms with E-state index in [0.29, 0.717) is 0 Å². The average molecular weight is 260 g/mol. The van der Waals surface area contributed by atoms with Gasteiger partial charge in [-0.05, 0) is 45.3 Å². The topological polar surface area (TPSA) is 29.5 Å². The van der Waals surface area contributed by atoms with Gasteiger partial charge in [-0.1, -0.05) is 30.2 Å². The highest BCUT2D eigenvalue weighted by Gasteiger charge is 2.43. The van der Waals surface area contributed by atoms with Crippen molar-refractivity contribution < 1.29 is 27.4 Å². The Hall–Kier alpha value is -1.35. The molecule has 18 heavy (non-hydrogen) atoms. The minimum absolute atomic E-state index is 0.259. The Morgan fingerprint density at radius 2 is 2.22 bits per heavy atom. The molecule has 0 amide bonds. The van der Waals surface area contributed by atoms with E-state index < -0.39 is 67.5 Å². The van der Waals surface area contributed by atoms with Crippen molar-refractivity contribution in [1.82, 2.24) is 4.90 Å². The first-order valence-electron chi connectivity index (χ1n) is 11.9. The number of likely N-dealkylation sites (tertiary alicyclic amines) is 1. The Morgan fingerprint density at radius 3 is 2.83 bits per heavy atom. The summed E-state index contributed by atoms with van der Waals surface area (Å²) in [6.07, 6.45) is -0.759. The Morgan fingerprint density at radius 1 is 1.50 bits per heavy atom. The van der Waals surface area contributed by atoms with E-state index in [1.54, 1.807) is 0 Å². The molecule has 0 radical (unpaired) electrons. The average Bonchev–Trinajstić information content (AvgIpc) is 2.63. The van der Waals surface area contributed by atoms with Gasteiger partial charge in [0.1, 0.15) is 0 Å². The zero-order valence-corrected chi connectivity index (χ0v) is 9.59. The summed E-state index contributed by atoms with van der Waals surface area (Å²) in [4.78, 5) is 14.2. The zero-order valence-electron chi connectivity index (χ0n) is 22.6. The van der Waals surface area contributed by atoms with Crippen molar-refractivity contribution in [3.63, 3.8) is 0 Å². The minimum Gasteiger partial charge on any atom is -0.465 e. The van der Waals surface area contributed by atoms with E-state index in [2.05, 4.69) is 4.74 Å². The van der Waals surface area contributed by atoms with E-state index >= 15 is 0 Å². The summed E-state index contributed by atoms with van der Waals surface area (Å²) in [6, 6.07) is -3.63. The van der Waals surface area contributed by atoms with Gasteiger partial charge in [-0.2, -0.15) is 0 Å². The number of nitrogens with zero attached hydrogens (tertiary/aromatic N) is 1. The van der Waals surface area contributed by atoms with Crippen molar-refractivity contribution in [3.8, 4) is 0 Å². The molecule has 0 bridgehead atoms. The monoisotopic (exact) mass is 260 g/mol. The summed E-state index contributed by atoms with van der Waals surface area (Å²) in [5.41, 5.74) is -2.51. The normalized spacial score (nSPS) is 32.1. The van der Waals surface area contributed by atoms with E-state index in [-0.39, 0.29) is 25.9 Å². The molecule has 3 nitrogen and oxygen atoms in total. The Balaban J connectivity index is 2.66. The maximum Gasteiger partial charge on any atom is 0.316 e. The molecule has 98 valence electrons. The summed E-state index contributed by atoms with van der Waals surface area (Å²) >= 11 is 0. The van der Waals surface area contributed by atoms with Crippen molar-refractivity contribution in [3.05, 3.63) is 35.8 Å². The number of carbonyl (C=O) groups excluding carboxylic acids is 1. The number of carbonyl (C=O) groups is 1. The number of benzene rings is 1. The molecule has 0 atom stereocenters. The van der Waals surface area contributed by atoms with Crippen molar-refractivity contribution in [1.29, 1.82) is 0 Å². The van der Waals surface area contributed by atoms with Crippen LogP contribution in [0.4, 0.5) is 0 Å². The molecule has 0 N–H and O–H groups in total. The van der Waals surface area contributed by atoms with Crippen LogP contribution < -0.4 is 0 Å². The molecule has 1 aromatic carbocycles. The van der Waals surface area contributed by atoms with Crippen LogP contribution in [0.15, 0.2) is 30.2 Å². The van der Waals surface area contributed by atoms with Gasteiger partial charge in [-0.25, -0.2) is 0 Å². The molecule has 0 aliphatic carbocycles. The zero-order chi connectivity index (χ0) is 24.2. The lowest BCUT2D eigenvalue weighted by Crippen LogP contribution is -2.47. The third-order valence-corrected chi connectivity index (χ3v) is 3.13. The molecule has 1 fully saturated rings. The van der Waals surface area contributed by atoms with E-state index in [1.165, 1.54) is 0 Å². The van der Waals surface area contributed by atoms with Crippen LogP contribution in [0, 0.1) is 0 Å². The van der Waals surface area contributed by atoms with Gasteiger partial charge in [0.25, 0.3) is 0 Å². The lowest BCUT2D eigenvalue weighted by Gasteiger charge is -2.38. The Kier molecular flexibility index (Phi) is 1.33. The van der Waals surface area contributed by atoms with E-state index in [0.717, 1.165) is 4.90 Å². The molecule has 3 heteroatoms. The van der Waals surface area contributed by atoms with Gasteiger partial charge in [-0.15, -0.1) is 0 Å². The van der Waals surface area contributed by atoms with Crippen LogP contribution in [-0.2, 0) is 14.9 Å². The van der Waals surface area contributed by atoms with Crippen LogP contribution in [0.5, 0.6) is 0 Å². The van der Waals surface area contributed by atoms with Crippen LogP contribution in [0.25, 0.3) is 0 Å². The third-order valence-electron chi connectivity index (χ3n) is 3.13. The molecule has 0 unspecified atom stereocenters. The second-order valence-electron chi connectivity index (χ2n) is 4.06. The van der Waals surface area contributed by atoms with Crippen LogP contribution in [0.3, 0.4) is 0 Å². The molecule has 0 saturated carbocycles. The third kappa shape index (κ3) is 2.41. The number of ether oxygens (including phenoxy) is 1. The van der Waals surface area contributed by atoms with Gasteiger partial charge in [0, 0.05) is 8.22 Å². The number of esters is 1. The largest absolute Gasteiger partial charge is 0.465 e. The van der Waals surface area contributed by atoms with Gasteiger partial charge >= 0.3 is 5.97 Å². The number of rotatable bonds is 3. The maximum absolute atomic E-state index is 13.1. The number of piperidine rings is 1. The maximum atomic E-state index is 13.1. The minimum atomic E-state index is -3.41. The summed E-state index contributed by atoms with van der Waals surface area (Å²) < 4.78 is 104. The van der Waals surface area contributed by atoms with Crippen molar-refractivity contribution in [2.24, 2.45) is 0 Å². The summed E-state index contributed by atoms with van der Waals surface area (Å²) in [5.74, 6) is -1.43. The van der Waals surface area contributed by atoms with Gasteiger partial charge in [0.05, 0.1) is 21.6 Å². The molecule has 2 rings (SSSR count). The van der Waals surface area contributed by atoms with E-state index in [1.807, 2.05) is 0 Å². The molecule has 0 spiro atoms. The van der Waals surface area contributed by atoms with Crippen molar-refractivity contribution >= 4 is 5.97 Å². The standard InChI is InChI=1S/C15H21NO2/c1-3-18-14(17)15(9-11-16(2)12-10-15)13-7-5-4-6-8-13/h4-8H,3,9-12H2,1-2H3/i1D3,2D3,3D2,4D,5D,6D,7D,8D. The van der Waals surface area contributed by atoms with E-state index in [4.69, 9.17) is 17.8 Å². The van der Waals surface area contributed by atoms with Crippen LogP contribution >= 0.6 is 0 Å². The number of hydrogen-bond acceptors (Lipinski definition) is 3. The molecular weight excluding hydrogens is 226 g/mol. The fourth-order valence-corrected chi connectivity index (χ4v) is 2.08. The van der Waals surface area contributed by atoms with E-state index in [9.17, 15) is 4.79 Å². The van der Waals surface area contributed by atoms with Gasteiger partial charge in [0.2, 0.25) is 0 Å². The fourth-order valence-electron chi connectivity index (χ4n) is 2.08. The lowest BCUT2D eigenvalue weighted by atomic mass is 9.73. The Bertz CT molecular complexity index is 840. The highest BCUT2D eigenvalue weighted by molar-refractivity contribution is 5.83. The summed E-state index contributed by atoms with van der Waals surface area (Å²) in [7, 11) is 0. The predicted octanol–water partition coefficient (Wildman–Crippen LogP) is 2.21. The predicted molar refractivity (Wildman–Crippen MR) is 71.5 cm³/mol. The van der Waals surface area contributed by atoms with Gasteiger partial charge in [-0.3, -0.25) is 4.79 Å². The molecule has 1 aliphatic heterocycles. The second kappa shape index (κ2) is 5.53. The molecule has 1 saturated heterocycles. The lowest BCUT2D eigenvalue weighted by molar-refractivity contribution is -0.152. The SMILES string of the molecule is [2H]c1c([2H])c([2H])c(C2(C(=O)OC([2H])([2H])C([2H])([2H])[2H])CCN(C([2H])([2H])[2H])CC2)c([2H])c1[2H]. The molecule has 1 aromatic rings. The smallest absolute Gasteiger partial charge is 0.316 e. The molecule has 1 aliphatic rings. The molecule has 0 aromatic heterocycles. The highest BCUT2D eigenvalue weighted by Crippen LogP contribution is 2.36. The van der Waals surface area contributed by atoms with Gasteiger partial charge in [0.15, 0.2) is 0 Å². The highest BCUT2D eigenvalue weighted by atomic mass is 16.5. The number of hydrogen-bond donors (Lipinski definition) is 0. The molecule has 1 heterocycles. The second-order valence-corrected chi connectivity index (χ2v) is 4.06. The Labute approximate surface area is 127 Å². The van der Waals surface area contributed by atoms with Crippen LogP contribution in [0.2, 0.25) is 0 Å². The van der Waals surface area contributed by atoms with Crippen LogP contribution in [-0.4, -0.2) is 37.5 Å². The summed E-state index contributed by atoms with van der Waals surface area (Å²) in [6.45, 7) is -9.78. The summed E-state index contributed by atoms with van der Waals surface area (Å²) in [5, 5.41) is 0. The van der Waals surface area contributed by atoms with Gasteiger partial charge < -0.3 is 9.64 Å². The van der Waals surface area contributed by atoms with Crippen LogP contribution in [0.1, 0.15) is 43.1 Å². The quantitative estimate of drug-likeness (QED) is 0.780. The first kappa shape index (κ1) is 4.34. The fraction of sp³-hybridized carbons (Fsp3) is 0.533. The first-order valence-corrected chi connectivity index (χ1v) is 5.43. The van der Waals surface area contributed by atoms with Crippen molar-refractivity contribution in [2.75, 3.05) is 26.6 Å².